The van der Waals surface area contributed by atoms with Crippen molar-refractivity contribution in [1.82, 2.24) is 0 Å². The van der Waals surface area contributed by atoms with Gasteiger partial charge in [0.05, 0.1) is 4.90 Å². The second kappa shape index (κ2) is 8.39. The number of sulfonamides is 1. The third-order valence-corrected chi connectivity index (χ3v) is 4.59. The lowest BCUT2D eigenvalue weighted by molar-refractivity contribution is 0.578. The molecule has 1 unspecified atom stereocenters. The lowest BCUT2D eigenvalue weighted by Crippen LogP contribution is -2.17. The Morgan fingerprint density at radius 1 is 1.19 bits per heavy atom. The standard InChI is InChI=1S/C16H28N2O2S/c1-4-5-6-7-8-9-14(3)18-16-12-15(21(17,19)20)11-10-13(16)2/h10-12,14,18H,4-9H2,1-3H3,(H2,17,19,20). The number of primary sulfonamides is 1. The molecule has 1 rings (SSSR count). The zero-order chi connectivity index (χ0) is 15.9. The van der Waals surface area contributed by atoms with E-state index in [-0.39, 0.29) is 4.90 Å². The van der Waals surface area contributed by atoms with Crippen LogP contribution in [-0.2, 0) is 10.0 Å². The van der Waals surface area contributed by atoms with Gasteiger partial charge in [0.25, 0.3) is 0 Å². The molecule has 21 heavy (non-hydrogen) atoms. The van der Waals surface area contributed by atoms with E-state index >= 15 is 0 Å². The fraction of sp³-hybridized carbons (Fsp3) is 0.625. The zero-order valence-corrected chi connectivity index (χ0v) is 14.2. The summed E-state index contributed by atoms with van der Waals surface area (Å²) in [5.41, 5.74) is 1.88. The first kappa shape index (κ1) is 18.0. The van der Waals surface area contributed by atoms with Gasteiger partial charge in [-0.3, -0.25) is 0 Å². The van der Waals surface area contributed by atoms with Crippen LogP contribution in [0.5, 0.6) is 0 Å². The van der Waals surface area contributed by atoms with Crippen LogP contribution in [0.25, 0.3) is 0 Å². The van der Waals surface area contributed by atoms with E-state index in [1.165, 1.54) is 32.1 Å². The first-order valence-corrected chi connectivity index (χ1v) is 9.29. The van der Waals surface area contributed by atoms with Gasteiger partial charge in [-0.15, -0.1) is 0 Å². The van der Waals surface area contributed by atoms with Gasteiger partial charge in [-0.2, -0.15) is 0 Å². The molecule has 0 spiro atoms. The topological polar surface area (TPSA) is 72.2 Å². The Labute approximate surface area is 129 Å². The van der Waals surface area contributed by atoms with Crippen LogP contribution in [-0.4, -0.2) is 14.5 Å². The summed E-state index contributed by atoms with van der Waals surface area (Å²) < 4.78 is 22.8. The van der Waals surface area contributed by atoms with Crippen LogP contribution < -0.4 is 10.5 Å². The highest BCUT2D eigenvalue weighted by Crippen LogP contribution is 2.21. The molecular weight excluding hydrogens is 284 g/mol. The Kier molecular flexibility index (Phi) is 7.18. The maximum absolute atomic E-state index is 11.4. The molecule has 1 aromatic rings. The quantitative estimate of drug-likeness (QED) is 0.681. The molecule has 0 saturated heterocycles. The number of rotatable bonds is 9. The van der Waals surface area contributed by atoms with Crippen LogP contribution >= 0.6 is 0 Å². The summed E-state index contributed by atoms with van der Waals surface area (Å²) in [6.45, 7) is 6.30. The summed E-state index contributed by atoms with van der Waals surface area (Å²) >= 11 is 0. The van der Waals surface area contributed by atoms with Crippen molar-refractivity contribution in [2.24, 2.45) is 5.14 Å². The Balaban J connectivity index is 2.57. The molecule has 5 heteroatoms. The Morgan fingerprint density at radius 3 is 2.48 bits per heavy atom. The number of benzene rings is 1. The molecule has 3 N–H and O–H groups in total. The monoisotopic (exact) mass is 312 g/mol. The number of aryl methyl sites for hydroxylation is 1. The highest BCUT2D eigenvalue weighted by Gasteiger charge is 2.11. The van der Waals surface area contributed by atoms with Gasteiger partial charge in [0.1, 0.15) is 0 Å². The number of nitrogens with one attached hydrogen (secondary N) is 1. The fourth-order valence-corrected chi connectivity index (χ4v) is 2.87. The van der Waals surface area contributed by atoms with Crippen molar-refractivity contribution in [2.75, 3.05) is 5.32 Å². The number of hydrogen-bond acceptors (Lipinski definition) is 3. The van der Waals surface area contributed by atoms with Crippen LogP contribution in [0.15, 0.2) is 23.1 Å². The Bertz CT molecular complexity index is 541. The third-order valence-electron chi connectivity index (χ3n) is 3.68. The van der Waals surface area contributed by atoms with E-state index in [1.807, 2.05) is 6.92 Å². The summed E-state index contributed by atoms with van der Waals surface area (Å²) in [7, 11) is -3.65. The second-order valence-electron chi connectivity index (χ2n) is 5.77. The highest BCUT2D eigenvalue weighted by molar-refractivity contribution is 7.89. The maximum atomic E-state index is 11.4. The summed E-state index contributed by atoms with van der Waals surface area (Å²) in [6.07, 6.45) is 7.40. The van der Waals surface area contributed by atoms with Crippen LogP contribution in [0.3, 0.4) is 0 Å². The van der Waals surface area contributed by atoms with Gasteiger partial charge in [0, 0.05) is 11.7 Å². The number of unbranched alkanes of at least 4 members (excludes halogenated alkanes) is 4. The molecule has 120 valence electrons. The molecule has 0 saturated carbocycles. The van der Waals surface area contributed by atoms with Crippen molar-refractivity contribution in [3.8, 4) is 0 Å². The van der Waals surface area contributed by atoms with Gasteiger partial charge < -0.3 is 5.32 Å². The van der Waals surface area contributed by atoms with E-state index in [2.05, 4.69) is 19.2 Å². The molecule has 0 aliphatic rings. The molecule has 0 aliphatic carbocycles. The minimum Gasteiger partial charge on any atom is -0.382 e. The van der Waals surface area contributed by atoms with E-state index in [0.29, 0.717) is 6.04 Å². The van der Waals surface area contributed by atoms with Crippen molar-refractivity contribution in [3.05, 3.63) is 23.8 Å². The van der Waals surface area contributed by atoms with E-state index in [9.17, 15) is 8.42 Å². The Morgan fingerprint density at radius 2 is 1.86 bits per heavy atom. The highest BCUT2D eigenvalue weighted by atomic mass is 32.2. The molecule has 0 amide bonds. The van der Waals surface area contributed by atoms with E-state index < -0.39 is 10.0 Å². The minimum atomic E-state index is -3.65. The van der Waals surface area contributed by atoms with Crippen LogP contribution in [0.1, 0.15) is 57.9 Å². The van der Waals surface area contributed by atoms with Crippen molar-refractivity contribution in [3.63, 3.8) is 0 Å². The SMILES string of the molecule is CCCCCCCC(C)Nc1cc(S(N)(=O)=O)ccc1C. The molecule has 1 aromatic carbocycles. The largest absolute Gasteiger partial charge is 0.382 e. The molecule has 0 fully saturated rings. The third kappa shape index (κ3) is 6.48. The van der Waals surface area contributed by atoms with Crippen molar-refractivity contribution < 1.29 is 8.42 Å². The minimum absolute atomic E-state index is 0.158. The van der Waals surface area contributed by atoms with Crippen LogP contribution in [0.2, 0.25) is 0 Å². The molecule has 0 aromatic heterocycles. The van der Waals surface area contributed by atoms with Crippen molar-refractivity contribution in [2.45, 2.75) is 70.2 Å². The second-order valence-corrected chi connectivity index (χ2v) is 7.33. The molecule has 0 bridgehead atoms. The Hall–Kier alpha value is -1.07. The summed E-state index contributed by atoms with van der Waals surface area (Å²) in [5, 5.41) is 8.57. The molecule has 1 atom stereocenters. The predicted octanol–water partition coefficient (Wildman–Crippen LogP) is 3.80. The lowest BCUT2D eigenvalue weighted by Gasteiger charge is -2.17. The van der Waals surface area contributed by atoms with E-state index in [0.717, 1.165) is 17.7 Å². The zero-order valence-electron chi connectivity index (χ0n) is 13.4. The summed E-state index contributed by atoms with van der Waals surface area (Å²) in [4.78, 5) is 0.158. The number of nitrogens with two attached hydrogens (primary N) is 1. The molecule has 4 nitrogen and oxygen atoms in total. The van der Waals surface area contributed by atoms with Crippen LogP contribution in [0, 0.1) is 6.92 Å². The summed E-state index contributed by atoms with van der Waals surface area (Å²) in [5.74, 6) is 0. The number of hydrogen-bond donors (Lipinski definition) is 2. The fourth-order valence-electron chi connectivity index (χ4n) is 2.33. The first-order valence-electron chi connectivity index (χ1n) is 7.74. The van der Waals surface area contributed by atoms with Gasteiger partial charge >= 0.3 is 0 Å². The van der Waals surface area contributed by atoms with Gasteiger partial charge in [0.15, 0.2) is 0 Å². The van der Waals surface area contributed by atoms with Gasteiger partial charge in [-0.05, 0) is 38.0 Å². The molecular formula is C16H28N2O2S. The predicted molar refractivity (Wildman–Crippen MR) is 89.0 cm³/mol. The number of anilines is 1. The normalized spacial score (nSPS) is 13.1. The molecule has 0 aliphatic heterocycles. The van der Waals surface area contributed by atoms with Gasteiger partial charge in [-0.25, -0.2) is 13.6 Å². The molecule has 0 heterocycles. The van der Waals surface area contributed by atoms with Crippen molar-refractivity contribution >= 4 is 15.7 Å². The smallest absolute Gasteiger partial charge is 0.238 e. The van der Waals surface area contributed by atoms with E-state index in [4.69, 9.17) is 5.14 Å². The maximum Gasteiger partial charge on any atom is 0.238 e. The van der Waals surface area contributed by atoms with Gasteiger partial charge in [-0.1, -0.05) is 45.1 Å². The molecule has 0 radical (unpaired) electrons. The van der Waals surface area contributed by atoms with E-state index in [1.54, 1.807) is 18.2 Å². The summed E-state index contributed by atoms with van der Waals surface area (Å²) in [6, 6.07) is 5.28. The van der Waals surface area contributed by atoms with Gasteiger partial charge in [0.2, 0.25) is 10.0 Å². The average molecular weight is 312 g/mol. The lowest BCUT2D eigenvalue weighted by atomic mass is 10.1. The first-order chi connectivity index (χ1) is 9.84. The van der Waals surface area contributed by atoms with Crippen molar-refractivity contribution in [1.29, 1.82) is 0 Å². The average Bonchev–Trinajstić information content (AvgIpc) is 2.40. The van der Waals surface area contributed by atoms with Crippen LogP contribution in [0.4, 0.5) is 5.69 Å².